The molecule has 0 atom stereocenters. The SMILES string of the molecule is COc1cc(C(=O)N/N=C(/C)c2ccc(Br)s2)cc(OC)c1OC. The third kappa shape index (κ3) is 4.07. The molecule has 24 heavy (non-hydrogen) atoms. The molecule has 8 heteroatoms. The summed E-state index contributed by atoms with van der Waals surface area (Å²) in [6.07, 6.45) is 0. The number of ether oxygens (including phenoxy) is 3. The first-order chi connectivity index (χ1) is 11.5. The van der Waals surface area contributed by atoms with Crippen molar-refractivity contribution >= 4 is 38.9 Å². The fourth-order valence-electron chi connectivity index (χ4n) is 1.98. The van der Waals surface area contributed by atoms with Crippen LogP contribution in [-0.2, 0) is 0 Å². The van der Waals surface area contributed by atoms with Crippen LogP contribution < -0.4 is 19.6 Å². The maximum Gasteiger partial charge on any atom is 0.271 e. The quantitative estimate of drug-likeness (QED) is 0.580. The number of carbonyl (C=O) groups excluding carboxylic acids is 1. The summed E-state index contributed by atoms with van der Waals surface area (Å²) >= 11 is 4.94. The molecule has 2 aromatic rings. The van der Waals surface area contributed by atoms with Crippen molar-refractivity contribution in [2.45, 2.75) is 6.92 Å². The summed E-state index contributed by atoms with van der Waals surface area (Å²) in [4.78, 5) is 13.3. The van der Waals surface area contributed by atoms with Gasteiger partial charge in [-0.25, -0.2) is 5.43 Å². The highest BCUT2D eigenvalue weighted by atomic mass is 79.9. The summed E-state index contributed by atoms with van der Waals surface area (Å²) in [5.74, 6) is 0.874. The summed E-state index contributed by atoms with van der Waals surface area (Å²) in [7, 11) is 4.50. The van der Waals surface area contributed by atoms with Crippen LogP contribution in [0, 0.1) is 0 Å². The van der Waals surface area contributed by atoms with E-state index in [0.717, 1.165) is 8.66 Å². The standard InChI is InChI=1S/C16H17BrN2O4S/c1-9(13-5-6-14(17)24-13)18-19-16(20)10-7-11(21-2)15(23-4)12(8-10)22-3/h5-8H,1-4H3,(H,19,20)/b18-9-. The number of hydrogen-bond donors (Lipinski definition) is 1. The molecule has 1 aromatic carbocycles. The maximum absolute atomic E-state index is 12.3. The first-order valence-electron chi connectivity index (χ1n) is 6.90. The lowest BCUT2D eigenvalue weighted by Crippen LogP contribution is -2.19. The summed E-state index contributed by atoms with van der Waals surface area (Å²) in [6, 6.07) is 7.01. The predicted molar refractivity (Wildman–Crippen MR) is 97.8 cm³/mol. The van der Waals surface area contributed by atoms with E-state index >= 15 is 0 Å². The topological polar surface area (TPSA) is 69.2 Å². The zero-order valence-electron chi connectivity index (χ0n) is 13.7. The molecule has 0 aliphatic rings. The predicted octanol–water partition coefficient (Wildman–Crippen LogP) is 3.69. The zero-order valence-corrected chi connectivity index (χ0v) is 16.1. The molecule has 6 nitrogen and oxygen atoms in total. The molecule has 0 fully saturated rings. The van der Waals surface area contributed by atoms with E-state index in [9.17, 15) is 4.79 Å². The largest absolute Gasteiger partial charge is 0.493 e. The first-order valence-corrected chi connectivity index (χ1v) is 8.51. The average molecular weight is 413 g/mol. The van der Waals surface area contributed by atoms with E-state index in [2.05, 4.69) is 26.5 Å². The average Bonchev–Trinajstić information content (AvgIpc) is 3.04. The molecule has 128 valence electrons. The molecule has 2 rings (SSSR count). The minimum atomic E-state index is -0.371. The summed E-state index contributed by atoms with van der Waals surface area (Å²) in [5.41, 5.74) is 3.60. The van der Waals surface area contributed by atoms with Crippen molar-refractivity contribution in [3.05, 3.63) is 38.5 Å². The van der Waals surface area contributed by atoms with Gasteiger partial charge in [0.25, 0.3) is 5.91 Å². The van der Waals surface area contributed by atoms with Crippen LogP contribution in [0.2, 0.25) is 0 Å². The lowest BCUT2D eigenvalue weighted by Gasteiger charge is -2.13. The van der Waals surface area contributed by atoms with Gasteiger partial charge in [0.05, 0.1) is 35.7 Å². The number of amides is 1. The number of thiophene rings is 1. The van der Waals surface area contributed by atoms with Gasteiger partial charge in [-0.05, 0) is 47.1 Å². The minimum Gasteiger partial charge on any atom is -0.493 e. The van der Waals surface area contributed by atoms with Crippen LogP contribution >= 0.6 is 27.3 Å². The van der Waals surface area contributed by atoms with Gasteiger partial charge in [0.2, 0.25) is 5.75 Å². The minimum absolute atomic E-state index is 0.355. The number of nitrogens with zero attached hydrogens (tertiary/aromatic N) is 1. The van der Waals surface area contributed by atoms with Gasteiger partial charge in [-0.1, -0.05) is 0 Å². The number of methoxy groups -OCH3 is 3. The Balaban J connectivity index is 2.23. The highest BCUT2D eigenvalue weighted by molar-refractivity contribution is 9.11. The number of nitrogens with one attached hydrogen (secondary N) is 1. The summed E-state index contributed by atoms with van der Waals surface area (Å²) < 4.78 is 16.7. The van der Waals surface area contributed by atoms with E-state index in [0.29, 0.717) is 28.5 Å². The molecular weight excluding hydrogens is 396 g/mol. The Hall–Kier alpha value is -2.06. The summed E-state index contributed by atoms with van der Waals surface area (Å²) in [5, 5.41) is 4.13. The second kappa shape index (κ2) is 8.16. The highest BCUT2D eigenvalue weighted by Crippen LogP contribution is 2.38. The highest BCUT2D eigenvalue weighted by Gasteiger charge is 2.17. The van der Waals surface area contributed by atoms with Crippen molar-refractivity contribution in [2.24, 2.45) is 5.10 Å². The fourth-order valence-corrected chi connectivity index (χ4v) is 3.31. The van der Waals surface area contributed by atoms with Crippen LogP contribution in [-0.4, -0.2) is 32.9 Å². The molecule has 0 saturated carbocycles. The van der Waals surface area contributed by atoms with Crippen LogP contribution in [0.3, 0.4) is 0 Å². The lowest BCUT2D eigenvalue weighted by atomic mass is 10.1. The van der Waals surface area contributed by atoms with E-state index in [-0.39, 0.29) is 5.91 Å². The van der Waals surface area contributed by atoms with Gasteiger partial charge < -0.3 is 14.2 Å². The molecule has 0 spiro atoms. The molecule has 0 saturated heterocycles. The number of halogens is 1. The Bertz CT molecular complexity index is 748. The third-order valence-electron chi connectivity index (χ3n) is 3.18. The van der Waals surface area contributed by atoms with Crippen LogP contribution in [0.15, 0.2) is 33.2 Å². The number of hydrazone groups is 1. The van der Waals surface area contributed by atoms with Gasteiger partial charge in [0.1, 0.15) is 0 Å². The van der Waals surface area contributed by atoms with Crippen molar-refractivity contribution in [1.82, 2.24) is 5.43 Å². The van der Waals surface area contributed by atoms with Crippen LogP contribution in [0.4, 0.5) is 0 Å². The number of carbonyl (C=O) groups is 1. The van der Waals surface area contributed by atoms with Crippen molar-refractivity contribution in [3.63, 3.8) is 0 Å². The first kappa shape index (κ1) is 18.3. The molecule has 0 aliphatic heterocycles. The zero-order chi connectivity index (χ0) is 17.7. The third-order valence-corrected chi connectivity index (χ3v) is 4.91. The van der Waals surface area contributed by atoms with Gasteiger partial charge >= 0.3 is 0 Å². The second-order valence-corrected chi connectivity index (χ2v) is 7.12. The molecule has 0 unspecified atom stereocenters. The van der Waals surface area contributed by atoms with Crippen LogP contribution in [0.1, 0.15) is 22.2 Å². The van der Waals surface area contributed by atoms with E-state index in [1.165, 1.54) is 32.7 Å². The van der Waals surface area contributed by atoms with Crippen LogP contribution in [0.5, 0.6) is 17.2 Å². The van der Waals surface area contributed by atoms with E-state index < -0.39 is 0 Å². The van der Waals surface area contributed by atoms with Crippen molar-refractivity contribution in [1.29, 1.82) is 0 Å². The Morgan fingerprint density at radius 1 is 1.12 bits per heavy atom. The Morgan fingerprint density at radius 3 is 2.21 bits per heavy atom. The van der Waals surface area contributed by atoms with Crippen molar-refractivity contribution in [2.75, 3.05) is 21.3 Å². The number of rotatable bonds is 6. The second-order valence-electron chi connectivity index (χ2n) is 4.66. The van der Waals surface area contributed by atoms with E-state index in [4.69, 9.17) is 14.2 Å². The Labute approximate surface area is 152 Å². The van der Waals surface area contributed by atoms with Crippen molar-refractivity contribution in [3.8, 4) is 17.2 Å². The lowest BCUT2D eigenvalue weighted by molar-refractivity contribution is 0.0954. The number of hydrogen-bond acceptors (Lipinski definition) is 6. The summed E-state index contributed by atoms with van der Waals surface area (Å²) in [6.45, 7) is 1.83. The van der Waals surface area contributed by atoms with Gasteiger partial charge in [0.15, 0.2) is 11.5 Å². The van der Waals surface area contributed by atoms with Gasteiger partial charge in [-0.15, -0.1) is 11.3 Å². The van der Waals surface area contributed by atoms with Crippen LogP contribution in [0.25, 0.3) is 0 Å². The Kier molecular flexibility index (Phi) is 6.22. The molecular formula is C16H17BrN2O4S. The molecule has 0 aliphatic carbocycles. The number of benzene rings is 1. The monoisotopic (exact) mass is 412 g/mol. The molecule has 0 radical (unpaired) electrons. The Morgan fingerprint density at radius 2 is 1.75 bits per heavy atom. The molecule has 1 heterocycles. The molecule has 1 N–H and O–H groups in total. The van der Waals surface area contributed by atoms with Gasteiger partial charge in [-0.3, -0.25) is 4.79 Å². The molecule has 1 aromatic heterocycles. The smallest absolute Gasteiger partial charge is 0.271 e. The van der Waals surface area contributed by atoms with Crippen molar-refractivity contribution < 1.29 is 19.0 Å². The fraction of sp³-hybridized carbons (Fsp3) is 0.250. The maximum atomic E-state index is 12.3. The molecule has 0 bridgehead atoms. The van der Waals surface area contributed by atoms with E-state index in [1.807, 2.05) is 19.1 Å². The molecule has 1 amide bonds. The normalized spacial score (nSPS) is 11.1. The van der Waals surface area contributed by atoms with Gasteiger partial charge in [0, 0.05) is 5.56 Å². The van der Waals surface area contributed by atoms with Gasteiger partial charge in [-0.2, -0.15) is 5.10 Å². The van der Waals surface area contributed by atoms with E-state index in [1.54, 1.807) is 12.1 Å².